The average molecular weight is 803 g/mol. The SMILES string of the molecule is c1ccc(N(c2cc3ccccc3c3ccccc23)c2cc3ccccc3c3c2oc2c(N(c4ccccc4)c4cc5ccccc5c5ccccc45)cc4ccccc4c23)cc1. The second-order valence-corrected chi connectivity index (χ2v) is 16.4. The van der Waals surface area contributed by atoms with Crippen molar-refractivity contribution in [1.82, 2.24) is 0 Å². The first-order valence-electron chi connectivity index (χ1n) is 21.6. The second kappa shape index (κ2) is 14.1. The average Bonchev–Trinajstić information content (AvgIpc) is 3.77. The first-order valence-corrected chi connectivity index (χ1v) is 21.6. The molecule has 1 aromatic heterocycles. The van der Waals surface area contributed by atoms with Gasteiger partial charge in [-0.2, -0.15) is 0 Å². The van der Waals surface area contributed by atoms with Crippen LogP contribution < -0.4 is 9.80 Å². The van der Waals surface area contributed by atoms with Crippen LogP contribution in [0.4, 0.5) is 34.1 Å². The zero-order valence-corrected chi connectivity index (χ0v) is 34.2. The van der Waals surface area contributed by atoms with E-state index in [2.05, 4.69) is 240 Å². The number of para-hydroxylation sites is 2. The number of fused-ring (bicyclic) bond motifs is 13. The van der Waals surface area contributed by atoms with Gasteiger partial charge in [-0.3, -0.25) is 0 Å². The Morgan fingerprint density at radius 1 is 0.238 bits per heavy atom. The van der Waals surface area contributed by atoms with Gasteiger partial charge in [-0.05, 0) is 102 Å². The molecule has 0 saturated carbocycles. The van der Waals surface area contributed by atoms with E-state index in [1.165, 1.54) is 43.1 Å². The van der Waals surface area contributed by atoms with Gasteiger partial charge in [0.25, 0.3) is 0 Å². The molecule has 1 heterocycles. The molecule has 0 aliphatic carbocycles. The predicted molar refractivity (Wildman–Crippen MR) is 268 cm³/mol. The molecule has 0 spiro atoms. The van der Waals surface area contributed by atoms with Crippen LogP contribution in [0.25, 0.3) is 86.6 Å². The van der Waals surface area contributed by atoms with Gasteiger partial charge in [-0.15, -0.1) is 0 Å². The highest BCUT2D eigenvalue weighted by molar-refractivity contribution is 6.32. The molecule has 63 heavy (non-hydrogen) atoms. The zero-order chi connectivity index (χ0) is 41.4. The summed E-state index contributed by atoms with van der Waals surface area (Å²) in [6.45, 7) is 0. The molecule has 13 rings (SSSR count). The molecule has 0 aliphatic rings. The van der Waals surface area contributed by atoms with Gasteiger partial charge in [-0.1, -0.05) is 182 Å². The lowest BCUT2D eigenvalue weighted by Crippen LogP contribution is -2.11. The first-order chi connectivity index (χ1) is 31.3. The molecule has 0 aliphatic heterocycles. The van der Waals surface area contributed by atoms with Gasteiger partial charge >= 0.3 is 0 Å². The predicted octanol–water partition coefficient (Wildman–Crippen LogP) is 17.4. The number of hydrogen-bond acceptors (Lipinski definition) is 3. The summed E-state index contributed by atoms with van der Waals surface area (Å²) in [5.41, 5.74) is 7.89. The number of benzene rings is 12. The minimum absolute atomic E-state index is 0.832. The molecular weight excluding hydrogens is 765 g/mol. The molecule has 0 fully saturated rings. The fourth-order valence-corrected chi connectivity index (χ4v) is 10.2. The van der Waals surface area contributed by atoms with E-state index >= 15 is 0 Å². The summed E-state index contributed by atoms with van der Waals surface area (Å²) in [5.74, 6) is 0. The molecule has 0 amide bonds. The molecule has 294 valence electrons. The molecule has 0 saturated heterocycles. The maximum Gasteiger partial charge on any atom is 0.160 e. The third-order valence-corrected chi connectivity index (χ3v) is 12.9. The summed E-state index contributed by atoms with van der Waals surface area (Å²) in [4.78, 5) is 4.83. The van der Waals surface area contributed by atoms with E-state index in [9.17, 15) is 0 Å². The van der Waals surface area contributed by atoms with Crippen LogP contribution in [0.5, 0.6) is 0 Å². The lowest BCUT2D eigenvalue weighted by Gasteiger charge is -2.28. The van der Waals surface area contributed by atoms with Gasteiger partial charge < -0.3 is 14.2 Å². The molecule has 0 atom stereocenters. The van der Waals surface area contributed by atoms with E-state index in [1.807, 2.05) is 0 Å². The topological polar surface area (TPSA) is 19.6 Å². The monoisotopic (exact) mass is 802 g/mol. The van der Waals surface area contributed by atoms with E-state index in [0.717, 1.165) is 77.6 Å². The van der Waals surface area contributed by atoms with Gasteiger partial charge in [0, 0.05) is 32.9 Å². The van der Waals surface area contributed by atoms with Crippen molar-refractivity contribution in [1.29, 1.82) is 0 Å². The summed E-state index contributed by atoms with van der Waals surface area (Å²) in [7, 11) is 0. The Morgan fingerprint density at radius 3 is 0.921 bits per heavy atom. The Balaban J connectivity index is 1.20. The van der Waals surface area contributed by atoms with Crippen molar-refractivity contribution in [3.8, 4) is 0 Å². The zero-order valence-electron chi connectivity index (χ0n) is 34.2. The number of nitrogens with zero attached hydrogens (tertiary/aromatic N) is 2. The van der Waals surface area contributed by atoms with Crippen LogP contribution >= 0.6 is 0 Å². The van der Waals surface area contributed by atoms with Gasteiger partial charge in [0.15, 0.2) is 11.2 Å². The summed E-state index contributed by atoms with van der Waals surface area (Å²) >= 11 is 0. The van der Waals surface area contributed by atoms with Crippen LogP contribution in [0.2, 0.25) is 0 Å². The van der Waals surface area contributed by atoms with Crippen molar-refractivity contribution in [2.45, 2.75) is 0 Å². The van der Waals surface area contributed by atoms with Crippen LogP contribution in [-0.4, -0.2) is 0 Å². The van der Waals surface area contributed by atoms with E-state index in [-0.39, 0.29) is 0 Å². The number of rotatable bonds is 6. The van der Waals surface area contributed by atoms with Crippen molar-refractivity contribution < 1.29 is 4.42 Å². The minimum atomic E-state index is 0.832. The molecule has 0 radical (unpaired) electrons. The minimum Gasteiger partial charge on any atom is -0.452 e. The quantitative estimate of drug-likeness (QED) is 0.156. The molecule has 0 bridgehead atoms. The molecule has 3 heteroatoms. The molecule has 0 unspecified atom stereocenters. The smallest absolute Gasteiger partial charge is 0.160 e. The normalized spacial score (nSPS) is 11.8. The highest BCUT2D eigenvalue weighted by atomic mass is 16.3. The molecule has 0 N–H and O–H groups in total. The Bertz CT molecular complexity index is 3670. The Labute approximate surface area is 363 Å². The van der Waals surface area contributed by atoms with Crippen LogP contribution in [0.15, 0.2) is 235 Å². The van der Waals surface area contributed by atoms with Crippen molar-refractivity contribution >= 4 is 121 Å². The fraction of sp³-hybridized carbons (Fsp3) is 0. The van der Waals surface area contributed by atoms with E-state index in [4.69, 9.17) is 4.42 Å². The third-order valence-electron chi connectivity index (χ3n) is 12.9. The third kappa shape index (κ3) is 5.46. The molecule has 13 aromatic rings. The van der Waals surface area contributed by atoms with Crippen LogP contribution in [0, 0.1) is 0 Å². The fourth-order valence-electron chi connectivity index (χ4n) is 10.2. The maximum absolute atomic E-state index is 7.69. The maximum atomic E-state index is 7.69. The summed E-state index contributed by atoms with van der Waals surface area (Å²) in [5, 5.41) is 16.4. The summed E-state index contributed by atoms with van der Waals surface area (Å²) in [6, 6.07) is 83.4. The van der Waals surface area contributed by atoms with Crippen molar-refractivity contribution in [3.63, 3.8) is 0 Å². The van der Waals surface area contributed by atoms with Gasteiger partial charge in [0.2, 0.25) is 0 Å². The van der Waals surface area contributed by atoms with Crippen molar-refractivity contribution in [3.05, 3.63) is 231 Å². The highest BCUT2D eigenvalue weighted by Gasteiger charge is 2.28. The van der Waals surface area contributed by atoms with E-state index < -0.39 is 0 Å². The lowest BCUT2D eigenvalue weighted by atomic mass is 9.96. The van der Waals surface area contributed by atoms with E-state index in [1.54, 1.807) is 0 Å². The Kier molecular flexibility index (Phi) is 7.91. The molecular formula is C60H38N2O. The largest absolute Gasteiger partial charge is 0.452 e. The highest BCUT2D eigenvalue weighted by Crippen LogP contribution is 2.53. The Morgan fingerprint density at radius 2 is 0.524 bits per heavy atom. The van der Waals surface area contributed by atoms with Crippen molar-refractivity contribution in [2.75, 3.05) is 9.80 Å². The Hall–Kier alpha value is -8.40. The first kappa shape index (κ1) is 35.4. The van der Waals surface area contributed by atoms with Crippen LogP contribution in [-0.2, 0) is 0 Å². The van der Waals surface area contributed by atoms with Crippen LogP contribution in [0.3, 0.4) is 0 Å². The number of anilines is 6. The number of hydrogen-bond donors (Lipinski definition) is 0. The summed E-state index contributed by atoms with van der Waals surface area (Å²) < 4.78 is 7.69. The van der Waals surface area contributed by atoms with Crippen LogP contribution in [0.1, 0.15) is 0 Å². The molecule has 12 aromatic carbocycles. The summed E-state index contributed by atoms with van der Waals surface area (Å²) in [6.07, 6.45) is 0. The number of furan rings is 1. The second-order valence-electron chi connectivity index (χ2n) is 16.4. The van der Waals surface area contributed by atoms with Gasteiger partial charge in [0.05, 0.1) is 22.7 Å². The lowest BCUT2D eigenvalue weighted by molar-refractivity contribution is 0.670. The van der Waals surface area contributed by atoms with Crippen molar-refractivity contribution in [2.24, 2.45) is 0 Å². The van der Waals surface area contributed by atoms with Gasteiger partial charge in [-0.25, -0.2) is 0 Å². The standard InChI is InChI=1S/C60H38N2O/c1-3-23-43(24-4-1)61(53-35-39-19-7-11-27-45(39)49-31-15-17-33-51(49)53)55-37-41-21-9-13-29-47(41)57-58-48-30-14-10-22-42(48)38-56(60(58)63-59(55)57)62(44-25-5-2-6-26-44)54-36-40-20-8-12-28-46(40)50-32-16-18-34-52(50)54/h1-38H. The molecule has 3 nitrogen and oxygen atoms in total. The van der Waals surface area contributed by atoms with E-state index in [0.29, 0.717) is 0 Å². The van der Waals surface area contributed by atoms with Gasteiger partial charge in [0.1, 0.15) is 0 Å².